The second kappa shape index (κ2) is 6.39. The van der Waals surface area contributed by atoms with Crippen molar-refractivity contribution in [2.24, 2.45) is 0 Å². The maximum atomic E-state index is 13.6. The van der Waals surface area contributed by atoms with Crippen LogP contribution in [0.15, 0.2) is 34.8 Å². The standard InChI is InChI=1S/C15H13BrF3NO/c1-8(9-3-4-15(21-2)10(16)5-9)20-14-7-12(18)11(17)6-13(14)19/h3-8,20H,1-2H3. The van der Waals surface area contributed by atoms with Crippen LogP contribution in [0.1, 0.15) is 18.5 Å². The maximum absolute atomic E-state index is 13.6. The molecular formula is C15H13BrF3NO. The number of ether oxygens (including phenoxy) is 1. The molecule has 6 heteroatoms. The van der Waals surface area contributed by atoms with Gasteiger partial charge in [-0.25, -0.2) is 13.2 Å². The lowest BCUT2D eigenvalue weighted by Crippen LogP contribution is -2.09. The van der Waals surface area contributed by atoms with E-state index in [4.69, 9.17) is 4.74 Å². The van der Waals surface area contributed by atoms with E-state index < -0.39 is 17.5 Å². The molecule has 2 nitrogen and oxygen atoms in total. The highest BCUT2D eigenvalue weighted by molar-refractivity contribution is 9.10. The van der Waals surface area contributed by atoms with Gasteiger partial charge >= 0.3 is 0 Å². The van der Waals surface area contributed by atoms with Crippen LogP contribution in [-0.2, 0) is 0 Å². The first-order valence-electron chi connectivity index (χ1n) is 6.17. The van der Waals surface area contributed by atoms with Crippen LogP contribution in [0.4, 0.5) is 18.9 Å². The number of rotatable bonds is 4. The second-order valence-corrected chi connectivity index (χ2v) is 5.36. The van der Waals surface area contributed by atoms with Gasteiger partial charge in [-0.15, -0.1) is 0 Å². The van der Waals surface area contributed by atoms with Crippen molar-refractivity contribution in [3.05, 3.63) is 57.8 Å². The first-order chi connectivity index (χ1) is 9.92. The van der Waals surface area contributed by atoms with E-state index in [1.165, 1.54) is 0 Å². The fourth-order valence-electron chi connectivity index (χ4n) is 1.90. The number of nitrogens with one attached hydrogen (secondary N) is 1. The van der Waals surface area contributed by atoms with Gasteiger partial charge in [-0.3, -0.25) is 0 Å². The third-order valence-electron chi connectivity index (χ3n) is 3.06. The van der Waals surface area contributed by atoms with E-state index in [-0.39, 0.29) is 11.7 Å². The van der Waals surface area contributed by atoms with Gasteiger partial charge in [0, 0.05) is 18.2 Å². The summed E-state index contributed by atoms with van der Waals surface area (Å²) in [4.78, 5) is 0. The molecule has 0 saturated carbocycles. The van der Waals surface area contributed by atoms with Crippen molar-refractivity contribution >= 4 is 21.6 Å². The van der Waals surface area contributed by atoms with Crippen LogP contribution < -0.4 is 10.1 Å². The van der Waals surface area contributed by atoms with Gasteiger partial charge in [0.2, 0.25) is 0 Å². The molecular weight excluding hydrogens is 347 g/mol. The Labute approximate surface area is 129 Å². The van der Waals surface area contributed by atoms with E-state index in [2.05, 4.69) is 21.2 Å². The summed E-state index contributed by atoms with van der Waals surface area (Å²) in [5.74, 6) is -2.47. The third kappa shape index (κ3) is 3.50. The Balaban J connectivity index is 2.23. The van der Waals surface area contributed by atoms with E-state index >= 15 is 0 Å². The zero-order valence-corrected chi connectivity index (χ0v) is 13.0. The van der Waals surface area contributed by atoms with Crippen molar-refractivity contribution < 1.29 is 17.9 Å². The van der Waals surface area contributed by atoms with Gasteiger partial charge in [0.25, 0.3) is 0 Å². The normalized spacial score (nSPS) is 12.1. The maximum Gasteiger partial charge on any atom is 0.161 e. The van der Waals surface area contributed by atoms with Crippen LogP contribution in [0.25, 0.3) is 0 Å². The minimum absolute atomic E-state index is 0.0895. The van der Waals surface area contributed by atoms with Crippen LogP contribution in [-0.4, -0.2) is 7.11 Å². The molecule has 112 valence electrons. The van der Waals surface area contributed by atoms with E-state index in [0.717, 1.165) is 16.1 Å². The van der Waals surface area contributed by atoms with Crippen LogP contribution in [0.3, 0.4) is 0 Å². The molecule has 2 aromatic carbocycles. The molecule has 0 heterocycles. The largest absolute Gasteiger partial charge is 0.496 e. The van der Waals surface area contributed by atoms with Gasteiger partial charge in [-0.2, -0.15) is 0 Å². The molecule has 0 aliphatic rings. The summed E-state index contributed by atoms with van der Waals surface area (Å²) in [7, 11) is 1.55. The Morgan fingerprint density at radius 3 is 2.33 bits per heavy atom. The molecule has 0 saturated heterocycles. The van der Waals surface area contributed by atoms with E-state index in [1.807, 2.05) is 6.07 Å². The summed E-state index contributed by atoms with van der Waals surface area (Å²) in [5.41, 5.74) is 0.750. The Kier molecular flexibility index (Phi) is 4.77. The molecule has 2 aromatic rings. The SMILES string of the molecule is COc1ccc(C(C)Nc2cc(F)c(F)cc2F)cc1Br. The zero-order valence-electron chi connectivity index (χ0n) is 11.4. The molecule has 0 spiro atoms. The lowest BCUT2D eigenvalue weighted by molar-refractivity contribution is 0.412. The summed E-state index contributed by atoms with van der Waals surface area (Å²) in [6.45, 7) is 1.79. The fourth-order valence-corrected chi connectivity index (χ4v) is 2.46. The lowest BCUT2D eigenvalue weighted by Gasteiger charge is -2.17. The third-order valence-corrected chi connectivity index (χ3v) is 3.68. The summed E-state index contributed by atoms with van der Waals surface area (Å²) < 4.78 is 45.5. The molecule has 0 aromatic heterocycles. The highest BCUT2D eigenvalue weighted by atomic mass is 79.9. The van der Waals surface area contributed by atoms with Crippen molar-refractivity contribution in [3.63, 3.8) is 0 Å². The molecule has 0 amide bonds. The molecule has 0 bridgehead atoms. The minimum Gasteiger partial charge on any atom is -0.496 e. The summed E-state index contributed by atoms with van der Waals surface area (Å²) >= 11 is 3.36. The quantitative estimate of drug-likeness (QED) is 0.771. The molecule has 0 aliphatic heterocycles. The lowest BCUT2D eigenvalue weighted by atomic mass is 10.1. The van der Waals surface area contributed by atoms with Crippen LogP contribution in [0, 0.1) is 17.5 Å². The van der Waals surface area contributed by atoms with Gasteiger partial charge in [0.05, 0.1) is 17.3 Å². The summed E-state index contributed by atoms with van der Waals surface area (Å²) in [6, 6.07) is 6.41. The van der Waals surface area contributed by atoms with Crippen molar-refractivity contribution in [2.45, 2.75) is 13.0 Å². The van der Waals surface area contributed by atoms with Gasteiger partial charge < -0.3 is 10.1 Å². The van der Waals surface area contributed by atoms with Crippen LogP contribution in [0.2, 0.25) is 0 Å². The van der Waals surface area contributed by atoms with Crippen LogP contribution >= 0.6 is 15.9 Å². The highest BCUT2D eigenvalue weighted by Crippen LogP contribution is 2.30. The number of hydrogen-bond acceptors (Lipinski definition) is 2. The van der Waals surface area contributed by atoms with E-state index in [0.29, 0.717) is 11.8 Å². The van der Waals surface area contributed by atoms with Gasteiger partial charge in [-0.05, 0) is 40.5 Å². The Bertz CT molecular complexity index is 664. The minimum atomic E-state index is -1.21. The summed E-state index contributed by atoms with van der Waals surface area (Å²) in [5, 5.41) is 2.82. The monoisotopic (exact) mass is 359 g/mol. The number of hydrogen-bond donors (Lipinski definition) is 1. The first-order valence-corrected chi connectivity index (χ1v) is 6.96. The topological polar surface area (TPSA) is 21.3 Å². The van der Waals surface area contributed by atoms with Crippen molar-refractivity contribution in [3.8, 4) is 5.75 Å². The number of methoxy groups -OCH3 is 1. The molecule has 21 heavy (non-hydrogen) atoms. The molecule has 2 rings (SSSR count). The predicted octanol–water partition coefficient (Wildman–Crippen LogP) is 5.05. The van der Waals surface area contributed by atoms with Crippen molar-refractivity contribution in [2.75, 3.05) is 12.4 Å². The smallest absolute Gasteiger partial charge is 0.161 e. The Hall–Kier alpha value is -1.69. The number of benzene rings is 2. The van der Waals surface area contributed by atoms with Crippen LogP contribution in [0.5, 0.6) is 5.75 Å². The predicted molar refractivity (Wildman–Crippen MR) is 79.0 cm³/mol. The molecule has 0 radical (unpaired) electrons. The average molecular weight is 360 g/mol. The Morgan fingerprint density at radius 1 is 1.05 bits per heavy atom. The highest BCUT2D eigenvalue weighted by Gasteiger charge is 2.14. The van der Waals surface area contributed by atoms with Gasteiger partial charge in [-0.1, -0.05) is 6.07 Å². The zero-order chi connectivity index (χ0) is 15.6. The summed E-state index contributed by atoms with van der Waals surface area (Å²) in [6.07, 6.45) is 0. The molecule has 0 aliphatic carbocycles. The van der Waals surface area contributed by atoms with Crippen molar-refractivity contribution in [1.82, 2.24) is 0 Å². The van der Waals surface area contributed by atoms with Gasteiger partial charge in [0.15, 0.2) is 11.6 Å². The van der Waals surface area contributed by atoms with E-state index in [9.17, 15) is 13.2 Å². The second-order valence-electron chi connectivity index (χ2n) is 4.51. The molecule has 1 unspecified atom stereocenters. The average Bonchev–Trinajstić information content (AvgIpc) is 2.44. The Morgan fingerprint density at radius 2 is 1.71 bits per heavy atom. The molecule has 1 atom stereocenters. The van der Waals surface area contributed by atoms with E-state index in [1.54, 1.807) is 26.2 Å². The number of halogens is 4. The van der Waals surface area contributed by atoms with Crippen molar-refractivity contribution in [1.29, 1.82) is 0 Å². The molecule has 0 fully saturated rings. The molecule has 1 N–H and O–H groups in total. The fraction of sp³-hybridized carbons (Fsp3) is 0.200. The van der Waals surface area contributed by atoms with Gasteiger partial charge in [0.1, 0.15) is 11.6 Å². The first kappa shape index (κ1) is 15.7. The number of anilines is 1.